The van der Waals surface area contributed by atoms with Gasteiger partial charge in [0.25, 0.3) is 0 Å². The molecule has 20 heteroatoms. The molecule has 5 radical (unpaired) electrons. The van der Waals surface area contributed by atoms with E-state index >= 15 is 0 Å². The smallest absolute Gasteiger partial charge is 0.164 e. The van der Waals surface area contributed by atoms with E-state index < -0.39 is 5.41 Å². The molecule has 0 atom stereocenters. The number of pyridine rings is 5. The number of carbonyl (C=O) groups is 5. The molecule has 0 fully saturated rings. The summed E-state index contributed by atoms with van der Waals surface area (Å²) in [5.41, 5.74) is 32.1. The van der Waals surface area contributed by atoms with Crippen LogP contribution in [0.15, 0.2) is 278 Å². The average Bonchev–Trinajstić information content (AvgIpc) is 0.817. The molecule has 0 aliphatic carbocycles. The second kappa shape index (κ2) is 62.3. The number of para-hydroxylation sites is 2. The van der Waals surface area contributed by atoms with Gasteiger partial charge in [-0.1, -0.05) is 231 Å². The van der Waals surface area contributed by atoms with Gasteiger partial charge in [0.15, 0.2) is 28.9 Å². The molecule has 5 aromatic heterocycles. The molecule has 15 rings (SSSR count). The Bertz CT molecular complexity index is 6770. The Labute approximate surface area is 916 Å². The van der Waals surface area contributed by atoms with Gasteiger partial charge < -0.3 is 25.5 Å². The molecule has 0 saturated heterocycles. The minimum Gasteiger partial charge on any atom is -0.512 e. The number of allylic oxidation sites excluding steroid dienone is 10. The molecule has 0 bridgehead atoms. The molecule has 0 unspecified atom stereocenters. The molecule has 5 N–H and O–H groups in total. The summed E-state index contributed by atoms with van der Waals surface area (Å²) in [6, 6.07) is 92.5. The van der Waals surface area contributed by atoms with Gasteiger partial charge in [-0.2, -0.15) is 0 Å². The number of carbonyl (C=O) groups excluding carboxylic acids is 5. The first-order valence-corrected chi connectivity index (χ1v) is 46.1. The average molecular weight is 2810 g/mol. The molecule has 15 nitrogen and oxygen atoms in total. The summed E-state index contributed by atoms with van der Waals surface area (Å²) in [6.07, 6.45) is 7.09. The predicted octanol–water partition coefficient (Wildman–Crippen LogP) is 30.9. The van der Waals surface area contributed by atoms with E-state index in [1.807, 2.05) is 90.1 Å². The van der Waals surface area contributed by atoms with Crippen LogP contribution >= 0.6 is 0 Å². The third-order valence-corrected chi connectivity index (χ3v) is 20.5. The van der Waals surface area contributed by atoms with E-state index in [1.165, 1.54) is 168 Å². The molecule has 0 aliphatic rings. The zero-order chi connectivity index (χ0) is 103. The number of ketones is 5. The van der Waals surface area contributed by atoms with E-state index in [0.29, 0.717) is 5.92 Å². The van der Waals surface area contributed by atoms with Crippen LogP contribution in [0.3, 0.4) is 0 Å². The Balaban J connectivity index is 0.000000812. The first-order chi connectivity index (χ1) is 64.7. The van der Waals surface area contributed by atoms with Crippen LogP contribution in [0.1, 0.15) is 189 Å². The van der Waals surface area contributed by atoms with Crippen LogP contribution in [-0.4, -0.2) is 79.4 Å². The summed E-state index contributed by atoms with van der Waals surface area (Å²) >= 11 is 0. The van der Waals surface area contributed by atoms with Crippen molar-refractivity contribution in [3.8, 4) is 56.3 Å². The Morgan fingerprint density at radius 2 is 0.678 bits per heavy atom. The van der Waals surface area contributed by atoms with Crippen LogP contribution in [0.4, 0.5) is 0 Å². The van der Waals surface area contributed by atoms with Gasteiger partial charge in [0.05, 0.1) is 50.6 Å². The van der Waals surface area contributed by atoms with E-state index in [9.17, 15) is 29.1 Å². The number of fused-ring (bicyclic) bond motifs is 5. The minimum absolute atomic E-state index is 0. The van der Waals surface area contributed by atoms with Crippen LogP contribution in [0.2, 0.25) is 0 Å². The van der Waals surface area contributed by atoms with Crippen molar-refractivity contribution in [3.05, 3.63) is 386 Å². The normalized spacial score (nSPS) is 11.0. The minimum atomic E-state index is -0.417. The Morgan fingerprint density at radius 3 is 1.11 bits per heavy atom. The summed E-state index contributed by atoms with van der Waals surface area (Å²) in [5, 5.41) is 49.1. The maximum absolute atomic E-state index is 11.5. The molecule has 0 spiro atoms. The van der Waals surface area contributed by atoms with Crippen LogP contribution in [0.25, 0.3) is 111 Å². The Hall–Kier alpha value is -11.5. The summed E-state index contributed by atoms with van der Waals surface area (Å²) in [7, 11) is 0. The van der Waals surface area contributed by atoms with Gasteiger partial charge in [-0.15, -0.1) is 175 Å². The molecular weight excluding hydrogens is 2670 g/mol. The van der Waals surface area contributed by atoms with E-state index in [4.69, 9.17) is 45.3 Å². The zero-order valence-electron chi connectivity index (χ0n) is 87.6. The first-order valence-electron chi connectivity index (χ1n) is 46.1. The van der Waals surface area contributed by atoms with Crippen molar-refractivity contribution in [2.75, 3.05) is 0 Å². The number of nitrogens with zero attached hydrogens (tertiary/aromatic N) is 5. The van der Waals surface area contributed by atoms with Crippen LogP contribution in [0.5, 0.6) is 0 Å². The first kappa shape index (κ1) is 130. The number of hydrogen-bond donors (Lipinski definition) is 5. The topological polar surface area (TPSA) is 251 Å². The van der Waals surface area contributed by atoms with Crippen molar-refractivity contribution in [1.29, 1.82) is 0 Å². The number of aromatic nitrogens is 5. The third kappa shape index (κ3) is 45.6. The molecule has 763 valence electrons. The summed E-state index contributed by atoms with van der Waals surface area (Å²) in [4.78, 5) is 75.4. The second-order valence-electron chi connectivity index (χ2n) is 37.4. The van der Waals surface area contributed by atoms with Gasteiger partial charge in [-0.25, -0.2) is 0 Å². The molecule has 15 aromatic rings. The molecule has 10 aromatic carbocycles. The van der Waals surface area contributed by atoms with Gasteiger partial charge >= 0.3 is 0 Å². The number of aliphatic hydroxyl groups excluding tert-OH is 5. The molecule has 143 heavy (non-hydrogen) atoms. The standard InChI is InChI=1S/C21H22N.C19H18N.C18H16N.2C17H14N.C11H20O2.4C5H8O2.5Ir/c1-14(2)10-17-6-5-7-21-19(17)8-9-20(22-21)18-12-15(3)11-16(4)13-18;1-12-8-13(2)10-16(9-12)19-15(4)11-17-14(3)6-5-7-18(17)20-19;1-12-8-13(2)10-15(9-12)18-11-14(3)16-6-4-5-7-17(16)19-18;1-12-9-13(2)11-15(10-12)17-8-7-14-5-3-4-6-16(14)18-17;1-12-8-9-16-15(10-12)13(2)11-17(18-16)14-6-4-3-5-7-14;1-10(2,3)8(12)7-9(13)11(4,5)6;4*1-4(6)3-5(2)7;;;;;/h5-9,11-12,14H,10H2,1-4H3;5-9,11H,1-4H3;4-9,11H,1-3H3;3-10H,1-2H3;3-6,8-11H,1-2H3;7,12H,1-6H3;4*3,6H,1-2H3;;;;;/q5*-1;;;;;;;;;;. The fourth-order valence-electron chi connectivity index (χ4n) is 14.5. The van der Waals surface area contributed by atoms with Crippen molar-refractivity contribution in [1.82, 2.24) is 24.9 Å². The number of benzene rings is 10. The van der Waals surface area contributed by atoms with Crippen molar-refractivity contribution < 1.29 is 150 Å². The SMILES string of the molecule is CC(=O)C=C(C)O.CC(=O)C=C(C)O.CC(=O)C=C(C)O.CC(=O)C=C(C)O.CC(C)(C)C(=O)C=C(O)C(C)(C)C.Cc1[c-]c(-c2cc(C)c3ccccc3n2)cc(C)c1.Cc1[c-]c(-c2ccc3c(CC(C)C)cccc3n2)cc(C)c1.Cc1[c-]c(-c2ccc3ccccc3n2)cc(C)c1.Cc1[c-]c(-c2nc3cccc(C)c3cc2C)cc(C)c1.Cc1ccc2nc(-c3[c-]cccc3)cc(C)c2c1.[Ir].[Ir].[Ir].[Ir].[Ir]. The zero-order valence-corrected chi connectivity index (χ0v) is 99.6. The Kier molecular flexibility index (Phi) is 56.4. The molecule has 0 amide bonds. The van der Waals surface area contributed by atoms with Gasteiger partial charge in [0.2, 0.25) is 0 Å². The quantitative estimate of drug-likeness (QED) is 0.0433. The fourth-order valence-corrected chi connectivity index (χ4v) is 14.5. The van der Waals surface area contributed by atoms with Gasteiger partial charge in [-0.05, 0) is 195 Å². The van der Waals surface area contributed by atoms with Crippen molar-refractivity contribution in [2.45, 2.75) is 207 Å². The predicted molar refractivity (Wildman–Crippen MR) is 573 cm³/mol. The van der Waals surface area contributed by atoms with Crippen LogP contribution < -0.4 is 0 Å². The van der Waals surface area contributed by atoms with E-state index in [2.05, 4.69) is 304 Å². The van der Waals surface area contributed by atoms with Crippen molar-refractivity contribution in [2.24, 2.45) is 16.7 Å². The van der Waals surface area contributed by atoms with Crippen molar-refractivity contribution >= 4 is 83.4 Å². The largest absolute Gasteiger partial charge is 0.512 e. The molecule has 0 aliphatic heterocycles. The maximum atomic E-state index is 11.5. The molecule has 5 heterocycles. The maximum Gasteiger partial charge on any atom is 0.164 e. The fraction of sp³-hybridized carbons (Fsp3) is 0.268. The van der Waals surface area contributed by atoms with Crippen molar-refractivity contribution in [3.63, 3.8) is 0 Å². The monoisotopic (exact) mass is 2810 g/mol. The number of rotatable bonds is 12. The Morgan fingerprint density at radius 1 is 0.308 bits per heavy atom. The molecular formula is C123H136Ir5N5O10-5. The summed E-state index contributed by atoms with van der Waals surface area (Å²) in [5.74, 6) is 0.505. The summed E-state index contributed by atoms with van der Waals surface area (Å²) in [6.45, 7) is 54.4. The van der Waals surface area contributed by atoms with Gasteiger partial charge in [-0.3, -0.25) is 48.9 Å². The molecule has 0 saturated carbocycles. The second-order valence-corrected chi connectivity index (χ2v) is 37.4. The number of aliphatic hydroxyl groups is 5. The van der Waals surface area contributed by atoms with Crippen LogP contribution in [-0.2, 0) is 131 Å². The van der Waals surface area contributed by atoms with E-state index in [1.54, 1.807) is 0 Å². The van der Waals surface area contributed by atoms with E-state index in [0.717, 1.165) is 113 Å². The third-order valence-electron chi connectivity index (χ3n) is 20.5. The van der Waals surface area contributed by atoms with Crippen LogP contribution in [0, 0.1) is 137 Å². The number of hydrogen-bond acceptors (Lipinski definition) is 15. The van der Waals surface area contributed by atoms with E-state index in [-0.39, 0.29) is 164 Å². The van der Waals surface area contributed by atoms with Gasteiger partial charge in [0, 0.05) is 163 Å². The number of aryl methyl sites for hydroxylation is 13. The van der Waals surface area contributed by atoms with Gasteiger partial charge in [0.1, 0.15) is 5.76 Å². The summed E-state index contributed by atoms with van der Waals surface area (Å²) < 4.78 is 0.